The Labute approximate surface area is 110 Å². The van der Waals surface area contributed by atoms with Crippen LogP contribution in [0.1, 0.15) is 15.9 Å². The molecule has 0 atom stereocenters. The second-order valence-electron chi connectivity index (χ2n) is 4.06. The van der Waals surface area contributed by atoms with Gasteiger partial charge < -0.3 is 5.32 Å². The highest BCUT2D eigenvalue weighted by Gasteiger charge is 2.05. The first-order valence-electron chi connectivity index (χ1n) is 5.72. The topological polar surface area (TPSA) is 77.9 Å². The highest BCUT2D eigenvalue weighted by Crippen LogP contribution is 2.18. The first-order chi connectivity index (χ1) is 9.19. The fourth-order valence-electron chi connectivity index (χ4n) is 1.69. The van der Waals surface area contributed by atoms with E-state index in [9.17, 15) is 4.79 Å². The van der Waals surface area contributed by atoms with Crippen molar-refractivity contribution in [3.8, 4) is 0 Å². The van der Waals surface area contributed by atoms with E-state index in [0.717, 1.165) is 5.56 Å². The largest absolute Gasteiger partial charge is 0.322 e. The second-order valence-corrected chi connectivity index (χ2v) is 4.06. The minimum atomic E-state index is -0.193. The Morgan fingerprint density at radius 2 is 2.00 bits per heavy atom. The van der Waals surface area contributed by atoms with Crippen molar-refractivity contribution in [2.24, 2.45) is 5.11 Å². The maximum absolute atomic E-state index is 12.0. The van der Waals surface area contributed by atoms with Gasteiger partial charge in [-0.3, -0.25) is 4.79 Å². The van der Waals surface area contributed by atoms with Crippen LogP contribution in [-0.2, 0) is 0 Å². The van der Waals surface area contributed by atoms with Gasteiger partial charge in [-0.1, -0.05) is 34.9 Å². The normalized spacial score (nSPS) is 9.53. The van der Waals surface area contributed by atoms with Crippen LogP contribution < -0.4 is 5.32 Å². The summed E-state index contributed by atoms with van der Waals surface area (Å²) in [7, 11) is 0. The lowest BCUT2D eigenvalue weighted by Gasteiger charge is -2.06. The van der Waals surface area contributed by atoms with Crippen LogP contribution in [0, 0.1) is 6.92 Å². The molecule has 0 bridgehead atoms. The monoisotopic (exact) mass is 252 g/mol. The number of anilines is 1. The molecule has 19 heavy (non-hydrogen) atoms. The lowest BCUT2D eigenvalue weighted by Crippen LogP contribution is -2.11. The van der Waals surface area contributed by atoms with Crippen molar-refractivity contribution in [2.45, 2.75) is 6.92 Å². The van der Waals surface area contributed by atoms with Crippen LogP contribution >= 0.6 is 0 Å². The molecule has 0 saturated carbocycles. The third-order valence-electron chi connectivity index (χ3n) is 2.54. The van der Waals surface area contributed by atoms with Gasteiger partial charge in [0.15, 0.2) is 0 Å². The van der Waals surface area contributed by atoms with Gasteiger partial charge in [-0.15, -0.1) is 0 Å². The van der Waals surface area contributed by atoms with Crippen molar-refractivity contribution < 1.29 is 4.79 Å². The number of azide groups is 1. The van der Waals surface area contributed by atoms with Gasteiger partial charge in [0.1, 0.15) is 0 Å². The Balaban J connectivity index is 2.19. The van der Waals surface area contributed by atoms with Crippen LogP contribution in [-0.4, -0.2) is 5.91 Å². The van der Waals surface area contributed by atoms with Gasteiger partial charge in [0.25, 0.3) is 5.91 Å². The fourth-order valence-corrected chi connectivity index (χ4v) is 1.69. The molecule has 5 heteroatoms. The van der Waals surface area contributed by atoms with Crippen molar-refractivity contribution in [2.75, 3.05) is 5.32 Å². The van der Waals surface area contributed by atoms with Gasteiger partial charge in [0, 0.05) is 21.8 Å². The van der Waals surface area contributed by atoms with Gasteiger partial charge >= 0.3 is 0 Å². The number of rotatable bonds is 3. The minimum Gasteiger partial charge on any atom is -0.322 e. The summed E-state index contributed by atoms with van der Waals surface area (Å²) in [6.45, 7) is 1.93. The van der Waals surface area contributed by atoms with E-state index >= 15 is 0 Å². The van der Waals surface area contributed by atoms with Crippen LogP contribution in [0.5, 0.6) is 0 Å². The Morgan fingerprint density at radius 3 is 2.74 bits per heavy atom. The van der Waals surface area contributed by atoms with Crippen LogP contribution in [0.4, 0.5) is 11.4 Å². The lowest BCUT2D eigenvalue weighted by atomic mass is 10.1. The van der Waals surface area contributed by atoms with E-state index in [1.54, 1.807) is 30.3 Å². The molecule has 0 unspecified atom stereocenters. The maximum Gasteiger partial charge on any atom is 0.255 e. The molecule has 2 rings (SSSR count). The first-order valence-corrected chi connectivity index (χ1v) is 5.72. The molecule has 0 spiro atoms. The van der Waals surface area contributed by atoms with E-state index < -0.39 is 0 Å². The van der Waals surface area contributed by atoms with Crippen molar-refractivity contribution in [1.29, 1.82) is 0 Å². The van der Waals surface area contributed by atoms with E-state index in [-0.39, 0.29) is 5.91 Å². The molecule has 0 fully saturated rings. The Bertz CT molecular complexity index is 660. The fraction of sp³-hybridized carbons (Fsp3) is 0.0714. The highest BCUT2D eigenvalue weighted by molar-refractivity contribution is 6.04. The molecule has 5 nitrogen and oxygen atoms in total. The average molecular weight is 252 g/mol. The summed E-state index contributed by atoms with van der Waals surface area (Å²) in [6.07, 6.45) is 0. The quantitative estimate of drug-likeness (QED) is 0.496. The summed E-state index contributed by atoms with van der Waals surface area (Å²) >= 11 is 0. The number of benzene rings is 2. The van der Waals surface area contributed by atoms with E-state index in [4.69, 9.17) is 5.53 Å². The van der Waals surface area contributed by atoms with Crippen LogP contribution in [0.15, 0.2) is 53.6 Å². The number of aryl methyl sites for hydroxylation is 1. The molecule has 1 amide bonds. The van der Waals surface area contributed by atoms with Crippen molar-refractivity contribution in [3.05, 3.63) is 70.1 Å². The van der Waals surface area contributed by atoms with Crippen molar-refractivity contribution in [3.63, 3.8) is 0 Å². The molecule has 94 valence electrons. The number of carbonyl (C=O) groups excluding carboxylic acids is 1. The summed E-state index contributed by atoms with van der Waals surface area (Å²) in [5.41, 5.74) is 11.0. The molecule has 0 aliphatic carbocycles. The molecular weight excluding hydrogens is 240 g/mol. The molecule has 2 aromatic rings. The molecule has 0 aromatic heterocycles. The summed E-state index contributed by atoms with van der Waals surface area (Å²) in [5.74, 6) is -0.193. The SMILES string of the molecule is Cc1cccc(C(=O)Nc2cccc(N=[N+]=[N-])c2)c1. The van der Waals surface area contributed by atoms with Crippen molar-refractivity contribution in [1.82, 2.24) is 0 Å². The summed E-state index contributed by atoms with van der Waals surface area (Å²) < 4.78 is 0. The molecule has 2 aromatic carbocycles. The van der Waals surface area contributed by atoms with Crippen molar-refractivity contribution >= 4 is 17.3 Å². The number of carbonyl (C=O) groups is 1. The zero-order valence-electron chi connectivity index (χ0n) is 10.4. The minimum absolute atomic E-state index is 0.193. The Kier molecular flexibility index (Phi) is 3.81. The Morgan fingerprint density at radius 1 is 1.21 bits per heavy atom. The smallest absolute Gasteiger partial charge is 0.255 e. The van der Waals surface area contributed by atoms with E-state index in [1.807, 2.05) is 25.1 Å². The van der Waals surface area contributed by atoms with Gasteiger partial charge in [0.05, 0.1) is 0 Å². The second kappa shape index (κ2) is 5.71. The molecule has 0 saturated heterocycles. The number of hydrogen-bond donors (Lipinski definition) is 1. The molecule has 0 radical (unpaired) electrons. The van der Waals surface area contributed by atoms with Crippen LogP contribution in [0.25, 0.3) is 10.4 Å². The summed E-state index contributed by atoms with van der Waals surface area (Å²) in [6, 6.07) is 14.1. The number of nitrogens with zero attached hydrogens (tertiary/aromatic N) is 3. The average Bonchev–Trinajstić information content (AvgIpc) is 2.39. The van der Waals surface area contributed by atoms with E-state index in [0.29, 0.717) is 16.9 Å². The van der Waals surface area contributed by atoms with E-state index in [1.165, 1.54) is 0 Å². The highest BCUT2D eigenvalue weighted by atomic mass is 16.1. The zero-order chi connectivity index (χ0) is 13.7. The Hall–Kier alpha value is -2.78. The molecule has 0 aliphatic rings. The third-order valence-corrected chi connectivity index (χ3v) is 2.54. The van der Waals surface area contributed by atoms with Gasteiger partial charge in [-0.25, -0.2) is 0 Å². The molecule has 0 heterocycles. The van der Waals surface area contributed by atoms with Crippen LogP contribution in [0.2, 0.25) is 0 Å². The standard InChI is InChI=1S/C14H12N4O/c1-10-4-2-5-11(8-10)14(19)16-12-6-3-7-13(9-12)17-18-15/h2-9H,1H3,(H,16,19). The van der Waals surface area contributed by atoms with E-state index in [2.05, 4.69) is 15.3 Å². The number of nitrogens with one attached hydrogen (secondary N) is 1. The zero-order valence-corrected chi connectivity index (χ0v) is 10.4. The van der Waals surface area contributed by atoms with Crippen LogP contribution in [0.3, 0.4) is 0 Å². The van der Waals surface area contributed by atoms with Gasteiger partial charge in [-0.2, -0.15) is 0 Å². The lowest BCUT2D eigenvalue weighted by molar-refractivity contribution is 0.102. The number of amides is 1. The van der Waals surface area contributed by atoms with Gasteiger partial charge in [-0.05, 0) is 36.7 Å². The molecular formula is C14H12N4O. The first kappa shape index (κ1) is 12.7. The summed E-state index contributed by atoms with van der Waals surface area (Å²) in [4.78, 5) is 14.7. The molecule has 0 aliphatic heterocycles. The number of hydrogen-bond acceptors (Lipinski definition) is 2. The third kappa shape index (κ3) is 3.34. The van der Waals surface area contributed by atoms with Gasteiger partial charge in [0.2, 0.25) is 0 Å². The predicted molar refractivity (Wildman–Crippen MR) is 74.4 cm³/mol. The molecule has 1 N–H and O–H groups in total. The maximum atomic E-state index is 12.0. The summed E-state index contributed by atoms with van der Waals surface area (Å²) in [5, 5.41) is 6.25. The predicted octanol–water partition coefficient (Wildman–Crippen LogP) is 4.19.